The zero-order valence-corrected chi connectivity index (χ0v) is 29.9. The van der Waals surface area contributed by atoms with Gasteiger partial charge in [-0.1, -0.05) is 17.7 Å². The highest BCUT2D eigenvalue weighted by atomic mass is 35.5. The van der Waals surface area contributed by atoms with Gasteiger partial charge in [-0.15, -0.1) is 0 Å². The average molecular weight is 698 g/mol. The van der Waals surface area contributed by atoms with Gasteiger partial charge in [0.1, 0.15) is 11.5 Å². The van der Waals surface area contributed by atoms with Crippen LogP contribution in [0.5, 0.6) is 11.5 Å². The first-order valence-corrected chi connectivity index (χ1v) is 17.7. The Labute approximate surface area is 288 Å². The summed E-state index contributed by atoms with van der Waals surface area (Å²) in [6.07, 6.45) is 2.06. The van der Waals surface area contributed by atoms with Crippen LogP contribution in [0.15, 0.2) is 65.6 Å². The number of hydrogen-bond acceptors (Lipinski definition) is 9. The Balaban J connectivity index is 1.75. The number of hydrogen-bond donors (Lipinski definition) is 1. The Morgan fingerprint density at radius 1 is 1.00 bits per heavy atom. The number of nitrogens with zero attached hydrogens (tertiary/aromatic N) is 4. The van der Waals surface area contributed by atoms with Crippen molar-refractivity contribution in [2.24, 2.45) is 0 Å². The minimum Gasteiger partial charge on any atom is -0.497 e. The molecule has 2 heterocycles. The van der Waals surface area contributed by atoms with Gasteiger partial charge in [0.2, 0.25) is 5.91 Å². The first kappa shape index (κ1) is 35.6. The lowest BCUT2D eigenvalue weighted by molar-refractivity contribution is -0.138. The zero-order chi connectivity index (χ0) is 34.8. The van der Waals surface area contributed by atoms with E-state index in [1.807, 2.05) is 31.1 Å². The topological polar surface area (TPSA) is 112 Å². The van der Waals surface area contributed by atoms with E-state index in [1.165, 1.54) is 43.4 Å². The number of nitrogens with one attached hydrogen (secondary N) is 1. The van der Waals surface area contributed by atoms with Crippen LogP contribution in [0.2, 0.25) is 5.02 Å². The lowest BCUT2D eigenvalue weighted by atomic mass is 9.80. The summed E-state index contributed by atoms with van der Waals surface area (Å²) < 4.78 is 41.1. The van der Waals surface area contributed by atoms with Crippen molar-refractivity contribution in [1.82, 2.24) is 20.0 Å². The maximum Gasteiger partial charge on any atom is 0.271 e. The molecule has 0 spiro atoms. The number of benzene rings is 3. The number of likely N-dealkylation sites (tertiary alicyclic amines) is 1. The third-order valence-corrected chi connectivity index (χ3v) is 11.0. The van der Waals surface area contributed by atoms with Gasteiger partial charge in [0.25, 0.3) is 15.9 Å². The molecular formula is C35H44ClN5O6S. The van der Waals surface area contributed by atoms with Crippen LogP contribution >= 0.6 is 11.6 Å². The van der Waals surface area contributed by atoms with Crippen molar-refractivity contribution in [1.29, 1.82) is 0 Å². The molecule has 3 aromatic rings. The zero-order valence-electron chi connectivity index (χ0n) is 28.3. The van der Waals surface area contributed by atoms with Gasteiger partial charge in [0.05, 0.1) is 30.8 Å². The number of anilines is 1. The van der Waals surface area contributed by atoms with Gasteiger partial charge in [-0.2, -0.15) is 0 Å². The van der Waals surface area contributed by atoms with E-state index in [1.54, 1.807) is 38.4 Å². The van der Waals surface area contributed by atoms with E-state index in [4.69, 9.17) is 21.1 Å². The van der Waals surface area contributed by atoms with Crippen molar-refractivity contribution in [3.8, 4) is 11.5 Å². The molecule has 1 fully saturated rings. The van der Waals surface area contributed by atoms with E-state index >= 15 is 4.79 Å². The summed E-state index contributed by atoms with van der Waals surface area (Å²) in [6, 6.07) is 15.6. The second-order valence-corrected chi connectivity index (χ2v) is 14.8. The fraction of sp³-hybridized carbons (Fsp3) is 0.429. The molecule has 0 aliphatic carbocycles. The molecule has 1 saturated heterocycles. The van der Waals surface area contributed by atoms with Crippen LogP contribution in [0.3, 0.4) is 0 Å². The smallest absolute Gasteiger partial charge is 0.271 e. The summed E-state index contributed by atoms with van der Waals surface area (Å²) in [5.74, 6) is -0.0553. The van der Waals surface area contributed by atoms with Crippen molar-refractivity contribution in [3.05, 3.63) is 82.4 Å². The Bertz CT molecular complexity index is 1770. The van der Waals surface area contributed by atoms with Crippen LogP contribution in [0.1, 0.15) is 36.0 Å². The van der Waals surface area contributed by atoms with Gasteiger partial charge in [-0.05, 0) is 107 Å². The summed E-state index contributed by atoms with van der Waals surface area (Å²) in [4.78, 5) is 34.6. The Kier molecular flexibility index (Phi) is 10.7. The maximum atomic E-state index is 15.4. The molecule has 11 nitrogen and oxygen atoms in total. The largest absolute Gasteiger partial charge is 0.497 e. The number of carbonyl (C=O) groups excluding carboxylic acids is 2. The quantitative estimate of drug-likeness (QED) is 0.266. The standard InChI is InChI=1S/C35H44ClN5O6S/c1-38(2)19-8-18-37-23-24-10-17-32(47-6)29(21-24)35(40-20-7-9-31(40)33(42)39(3)4)28-22-25(36)11-16-30(28)41(34(35)43)48(44,45)27-14-12-26(46-5)13-15-27/h10-17,21-22,31,37H,7-9,18-20,23H2,1-6H3/t31?,35-/m0/s1. The summed E-state index contributed by atoms with van der Waals surface area (Å²) in [6.45, 7) is 2.58. The Morgan fingerprint density at radius 2 is 1.73 bits per heavy atom. The predicted octanol–water partition coefficient (Wildman–Crippen LogP) is 3.93. The molecule has 0 bridgehead atoms. The molecule has 2 amide bonds. The van der Waals surface area contributed by atoms with Gasteiger partial charge in [-0.3, -0.25) is 14.5 Å². The molecule has 48 heavy (non-hydrogen) atoms. The number of sulfonamides is 1. The van der Waals surface area contributed by atoms with E-state index < -0.39 is 27.5 Å². The highest BCUT2D eigenvalue weighted by molar-refractivity contribution is 7.93. The molecule has 2 atom stereocenters. The van der Waals surface area contributed by atoms with Crippen molar-refractivity contribution >= 4 is 39.1 Å². The molecule has 0 saturated carbocycles. The predicted molar refractivity (Wildman–Crippen MR) is 186 cm³/mol. The fourth-order valence-corrected chi connectivity index (χ4v) is 8.39. The van der Waals surface area contributed by atoms with Crippen LogP contribution in [-0.2, 0) is 31.7 Å². The molecule has 1 unspecified atom stereocenters. The third-order valence-electron chi connectivity index (χ3n) is 9.01. The normalized spacial score (nSPS) is 19.5. The van der Waals surface area contributed by atoms with Crippen LogP contribution < -0.4 is 19.1 Å². The SMILES string of the molecule is COc1ccc(S(=O)(=O)N2C(=O)[C@](c3cc(CNCCCN(C)C)ccc3OC)(N3CCCC3C(=O)N(C)C)c3cc(Cl)ccc32)cc1. The van der Waals surface area contributed by atoms with E-state index in [9.17, 15) is 13.2 Å². The van der Waals surface area contributed by atoms with E-state index in [0.29, 0.717) is 53.6 Å². The number of rotatable bonds is 13. The highest BCUT2D eigenvalue weighted by Gasteiger charge is 2.63. The molecule has 0 aromatic heterocycles. The minimum absolute atomic E-state index is 0.0849. The molecule has 2 aliphatic rings. The summed E-state index contributed by atoms with van der Waals surface area (Å²) in [7, 11) is 5.97. The van der Waals surface area contributed by atoms with E-state index in [2.05, 4.69) is 10.2 Å². The number of methoxy groups -OCH3 is 2. The monoisotopic (exact) mass is 697 g/mol. The van der Waals surface area contributed by atoms with E-state index in [-0.39, 0.29) is 16.5 Å². The van der Waals surface area contributed by atoms with Gasteiger partial charge in [-0.25, -0.2) is 12.7 Å². The number of fused-ring (bicyclic) bond motifs is 1. The molecule has 13 heteroatoms. The molecule has 3 aromatic carbocycles. The first-order valence-electron chi connectivity index (χ1n) is 15.9. The van der Waals surface area contributed by atoms with Gasteiger partial charge < -0.3 is 24.6 Å². The molecule has 2 aliphatic heterocycles. The Morgan fingerprint density at radius 3 is 2.38 bits per heavy atom. The molecule has 258 valence electrons. The van der Waals surface area contributed by atoms with Gasteiger partial charge in [0, 0.05) is 43.3 Å². The molecule has 1 N–H and O–H groups in total. The maximum absolute atomic E-state index is 15.4. The van der Waals surface area contributed by atoms with Gasteiger partial charge in [0.15, 0.2) is 5.54 Å². The Hall–Kier alpha value is -3.68. The lowest BCUT2D eigenvalue weighted by Crippen LogP contribution is -2.59. The minimum atomic E-state index is -4.45. The van der Waals surface area contributed by atoms with Crippen molar-refractivity contribution in [2.75, 3.05) is 66.3 Å². The van der Waals surface area contributed by atoms with Crippen molar-refractivity contribution in [3.63, 3.8) is 0 Å². The van der Waals surface area contributed by atoms with Crippen LogP contribution in [-0.4, -0.2) is 103 Å². The summed E-state index contributed by atoms with van der Waals surface area (Å²) in [5.41, 5.74) is 0.0794. The summed E-state index contributed by atoms with van der Waals surface area (Å²) >= 11 is 6.65. The highest BCUT2D eigenvalue weighted by Crippen LogP contribution is 2.55. The fourth-order valence-electron chi connectivity index (χ4n) is 6.75. The molecule has 5 rings (SSSR count). The van der Waals surface area contributed by atoms with Crippen molar-refractivity contribution in [2.45, 2.75) is 42.3 Å². The number of ether oxygens (including phenoxy) is 2. The second-order valence-electron chi connectivity index (χ2n) is 12.6. The lowest BCUT2D eigenvalue weighted by Gasteiger charge is -2.42. The van der Waals surface area contributed by atoms with Gasteiger partial charge >= 0.3 is 0 Å². The van der Waals surface area contributed by atoms with Crippen molar-refractivity contribution < 1.29 is 27.5 Å². The number of amides is 2. The molecule has 0 radical (unpaired) electrons. The first-order chi connectivity index (χ1) is 22.9. The van der Waals surface area contributed by atoms with Crippen LogP contribution in [0.4, 0.5) is 5.69 Å². The number of halogens is 1. The van der Waals surface area contributed by atoms with Crippen LogP contribution in [0, 0.1) is 0 Å². The second kappa shape index (κ2) is 14.4. The average Bonchev–Trinajstić information content (AvgIpc) is 3.65. The third kappa shape index (κ3) is 6.39. The number of likely N-dealkylation sites (N-methyl/N-ethyl adjacent to an activating group) is 1. The van der Waals surface area contributed by atoms with Crippen LogP contribution in [0.25, 0.3) is 0 Å². The number of carbonyl (C=O) groups is 2. The molecular weight excluding hydrogens is 654 g/mol. The summed E-state index contributed by atoms with van der Waals surface area (Å²) in [5, 5.41) is 3.80. The van der Waals surface area contributed by atoms with E-state index in [0.717, 1.165) is 29.4 Å².